The van der Waals surface area contributed by atoms with E-state index in [0.717, 1.165) is 30.4 Å². The fourth-order valence-electron chi connectivity index (χ4n) is 3.27. The lowest BCUT2D eigenvalue weighted by atomic mass is 9.98. The van der Waals surface area contributed by atoms with Crippen molar-refractivity contribution in [2.75, 3.05) is 24.6 Å². The fourth-order valence-corrected chi connectivity index (χ4v) is 3.67. The van der Waals surface area contributed by atoms with Gasteiger partial charge in [-0.1, -0.05) is 35.0 Å². The van der Waals surface area contributed by atoms with Crippen molar-refractivity contribution in [3.05, 3.63) is 68.2 Å². The number of carbonyl (C=O) groups excluding carboxylic acids is 2. The van der Waals surface area contributed by atoms with Crippen molar-refractivity contribution >= 4 is 39.1 Å². The number of nitro groups is 1. The van der Waals surface area contributed by atoms with Crippen LogP contribution < -0.4 is 4.90 Å². The maximum absolute atomic E-state index is 12.3. The van der Waals surface area contributed by atoms with Gasteiger partial charge in [-0.3, -0.25) is 14.9 Å². The van der Waals surface area contributed by atoms with E-state index < -0.39 is 17.5 Å². The minimum atomic E-state index is -0.768. The second-order valence-corrected chi connectivity index (χ2v) is 8.06. The Bertz CT molecular complexity index is 938. The van der Waals surface area contributed by atoms with Gasteiger partial charge in [0.25, 0.3) is 5.69 Å². The molecule has 1 aliphatic heterocycles. The predicted octanol–water partition coefficient (Wildman–Crippen LogP) is 4.63. The molecule has 1 saturated heterocycles. The average molecular weight is 461 g/mol. The van der Waals surface area contributed by atoms with E-state index in [9.17, 15) is 19.7 Å². The summed E-state index contributed by atoms with van der Waals surface area (Å²) in [7, 11) is 0. The second kappa shape index (κ2) is 9.17. The Labute approximate surface area is 176 Å². The van der Waals surface area contributed by atoms with Gasteiger partial charge in [-0.15, -0.1) is 0 Å². The van der Waals surface area contributed by atoms with Gasteiger partial charge in [0.15, 0.2) is 12.4 Å². The Morgan fingerprint density at radius 2 is 1.90 bits per heavy atom. The number of piperidine rings is 1. The highest BCUT2D eigenvalue weighted by molar-refractivity contribution is 9.10. The Hall–Kier alpha value is -2.74. The number of Topliss-reactive ketones (excluding diaryl/α,β-unsaturated/α-hetero) is 1. The Morgan fingerprint density at radius 3 is 2.55 bits per heavy atom. The molecule has 0 spiro atoms. The van der Waals surface area contributed by atoms with Crippen molar-refractivity contribution in [1.82, 2.24) is 0 Å². The summed E-state index contributed by atoms with van der Waals surface area (Å²) in [6.07, 6.45) is 1.94. The molecule has 152 valence electrons. The van der Waals surface area contributed by atoms with E-state index in [1.807, 2.05) is 4.90 Å². The first-order valence-electron chi connectivity index (χ1n) is 9.34. The third-order valence-corrected chi connectivity index (χ3v) is 5.51. The van der Waals surface area contributed by atoms with E-state index in [1.54, 1.807) is 30.3 Å². The number of carbonyl (C=O) groups is 2. The van der Waals surface area contributed by atoms with Gasteiger partial charge in [0, 0.05) is 29.2 Å². The summed E-state index contributed by atoms with van der Waals surface area (Å²) in [5.74, 6) is -0.522. The molecule has 0 amide bonds. The zero-order chi connectivity index (χ0) is 21.0. The lowest BCUT2D eigenvalue weighted by molar-refractivity contribution is -0.384. The van der Waals surface area contributed by atoms with E-state index >= 15 is 0 Å². The molecule has 0 aromatic heterocycles. The van der Waals surface area contributed by atoms with Crippen molar-refractivity contribution in [1.29, 1.82) is 0 Å². The van der Waals surface area contributed by atoms with Crippen molar-refractivity contribution < 1.29 is 19.2 Å². The number of hydrogen-bond donors (Lipinski definition) is 0. The van der Waals surface area contributed by atoms with E-state index in [4.69, 9.17) is 4.74 Å². The first-order chi connectivity index (χ1) is 13.8. The number of ketones is 1. The highest BCUT2D eigenvalue weighted by Crippen LogP contribution is 2.32. The molecule has 2 aromatic rings. The van der Waals surface area contributed by atoms with Gasteiger partial charge in [0.05, 0.1) is 10.5 Å². The van der Waals surface area contributed by atoms with E-state index in [1.165, 1.54) is 12.1 Å². The molecule has 0 unspecified atom stereocenters. The fraction of sp³-hybridized carbons (Fsp3) is 0.333. The lowest BCUT2D eigenvalue weighted by Gasteiger charge is -2.31. The molecule has 1 fully saturated rings. The van der Waals surface area contributed by atoms with Crippen molar-refractivity contribution in [2.24, 2.45) is 5.92 Å². The molecule has 0 N–H and O–H groups in total. The summed E-state index contributed by atoms with van der Waals surface area (Å²) in [6.45, 7) is 3.22. The number of nitro benzene ring substituents is 1. The normalized spacial score (nSPS) is 14.5. The molecule has 1 aliphatic rings. The number of benzene rings is 2. The molecule has 0 atom stereocenters. The molecule has 1 heterocycles. The van der Waals surface area contributed by atoms with Crippen molar-refractivity contribution in [3.63, 3.8) is 0 Å². The van der Waals surface area contributed by atoms with Crippen LogP contribution in [0, 0.1) is 16.0 Å². The molecule has 0 aliphatic carbocycles. The van der Waals surface area contributed by atoms with E-state index in [-0.39, 0.29) is 17.0 Å². The quantitative estimate of drug-likeness (QED) is 0.270. The van der Waals surface area contributed by atoms with Gasteiger partial charge in [-0.2, -0.15) is 0 Å². The number of halogens is 1. The minimum absolute atomic E-state index is 0.0490. The summed E-state index contributed by atoms with van der Waals surface area (Å²) in [5.41, 5.74) is 0.830. The Balaban J connectivity index is 1.71. The van der Waals surface area contributed by atoms with Crippen LogP contribution in [0.1, 0.15) is 40.5 Å². The molecule has 2 aromatic carbocycles. The number of rotatable bonds is 6. The molecular weight excluding hydrogens is 440 g/mol. The third kappa shape index (κ3) is 5.20. The predicted molar refractivity (Wildman–Crippen MR) is 112 cm³/mol. The molecule has 29 heavy (non-hydrogen) atoms. The highest BCUT2D eigenvalue weighted by atomic mass is 79.9. The number of nitrogens with zero attached hydrogens (tertiary/aromatic N) is 2. The number of hydrogen-bond acceptors (Lipinski definition) is 6. The summed E-state index contributed by atoms with van der Waals surface area (Å²) < 4.78 is 5.82. The first kappa shape index (κ1) is 21.0. The van der Waals surface area contributed by atoms with Gasteiger partial charge < -0.3 is 9.64 Å². The topological polar surface area (TPSA) is 89.8 Å². The van der Waals surface area contributed by atoms with Crippen molar-refractivity contribution in [2.45, 2.75) is 19.8 Å². The van der Waals surface area contributed by atoms with Crippen LogP contribution in [0.15, 0.2) is 46.9 Å². The van der Waals surface area contributed by atoms with Crippen LogP contribution in [0.5, 0.6) is 0 Å². The third-order valence-electron chi connectivity index (χ3n) is 5.01. The van der Waals surface area contributed by atoms with Crippen LogP contribution in [0.25, 0.3) is 0 Å². The number of anilines is 1. The maximum Gasteiger partial charge on any atom is 0.338 e. The van der Waals surface area contributed by atoms with Crippen LogP contribution in [0.3, 0.4) is 0 Å². The second-order valence-electron chi connectivity index (χ2n) is 7.14. The van der Waals surface area contributed by atoms with Crippen LogP contribution in [0.4, 0.5) is 11.4 Å². The number of ether oxygens (including phenoxy) is 1. The minimum Gasteiger partial charge on any atom is -0.454 e. The van der Waals surface area contributed by atoms with Crippen LogP contribution in [0.2, 0.25) is 0 Å². The van der Waals surface area contributed by atoms with Crippen LogP contribution >= 0.6 is 15.9 Å². The number of esters is 1. The molecular formula is C21H21BrN2O5. The highest BCUT2D eigenvalue weighted by Gasteiger charge is 2.25. The summed E-state index contributed by atoms with van der Waals surface area (Å²) >= 11 is 3.28. The molecule has 0 saturated carbocycles. The Kier molecular flexibility index (Phi) is 6.64. The largest absolute Gasteiger partial charge is 0.454 e. The van der Waals surface area contributed by atoms with E-state index in [0.29, 0.717) is 17.2 Å². The smallest absolute Gasteiger partial charge is 0.338 e. The van der Waals surface area contributed by atoms with Gasteiger partial charge in [0.1, 0.15) is 5.69 Å². The summed E-state index contributed by atoms with van der Waals surface area (Å²) in [6, 6.07) is 11.1. The zero-order valence-corrected chi connectivity index (χ0v) is 17.6. The monoisotopic (exact) mass is 460 g/mol. The SMILES string of the molecule is CC1CCN(c2ccc(C(=O)OCC(=O)c3cccc(Br)c3)cc2[N+](=O)[O-])CC1. The van der Waals surface area contributed by atoms with Crippen LogP contribution in [-0.4, -0.2) is 36.4 Å². The Morgan fingerprint density at radius 1 is 1.17 bits per heavy atom. The summed E-state index contributed by atoms with van der Waals surface area (Å²) in [5, 5.41) is 11.6. The van der Waals surface area contributed by atoms with Gasteiger partial charge >= 0.3 is 5.97 Å². The lowest BCUT2D eigenvalue weighted by Crippen LogP contribution is -2.33. The van der Waals surface area contributed by atoms with Gasteiger partial charge in [0.2, 0.25) is 0 Å². The molecule has 3 rings (SSSR count). The van der Waals surface area contributed by atoms with Gasteiger partial charge in [-0.25, -0.2) is 4.79 Å². The first-order valence-corrected chi connectivity index (χ1v) is 10.1. The summed E-state index contributed by atoms with van der Waals surface area (Å²) in [4.78, 5) is 37.6. The molecule has 0 bridgehead atoms. The van der Waals surface area contributed by atoms with Crippen molar-refractivity contribution in [3.8, 4) is 0 Å². The average Bonchev–Trinajstić information content (AvgIpc) is 2.72. The standard InChI is InChI=1S/C21H21BrN2O5/c1-14-7-9-23(10-8-14)18-6-5-16(12-19(18)24(27)28)21(26)29-13-20(25)15-3-2-4-17(22)11-15/h2-6,11-12,14H,7-10,13H2,1H3. The zero-order valence-electron chi connectivity index (χ0n) is 16.0. The molecule has 8 heteroatoms. The maximum atomic E-state index is 12.3. The molecule has 0 radical (unpaired) electrons. The van der Waals surface area contributed by atoms with E-state index in [2.05, 4.69) is 22.9 Å². The van der Waals surface area contributed by atoms with Gasteiger partial charge in [-0.05, 0) is 43.0 Å². The molecule has 7 nitrogen and oxygen atoms in total. The van der Waals surface area contributed by atoms with Crippen LogP contribution in [-0.2, 0) is 4.74 Å².